The number of anilines is 1. The average molecular weight is 344 g/mol. The van der Waals surface area contributed by atoms with Gasteiger partial charge in [-0.15, -0.1) is 0 Å². The number of nitrogens with zero attached hydrogens (tertiary/aromatic N) is 3. The van der Waals surface area contributed by atoms with E-state index in [1.54, 1.807) is 6.07 Å². The zero-order chi connectivity index (χ0) is 14.4. The summed E-state index contributed by atoms with van der Waals surface area (Å²) in [5.74, 6) is 0.126. The van der Waals surface area contributed by atoms with Crippen molar-refractivity contribution in [2.45, 2.75) is 19.8 Å². The molecule has 0 bridgehead atoms. The molecule has 0 unspecified atom stereocenters. The summed E-state index contributed by atoms with van der Waals surface area (Å²) in [5.41, 5.74) is 0.282. The lowest BCUT2D eigenvalue weighted by Crippen LogP contribution is -2.37. The highest BCUT2D eigenvalue weighted by Crippen LogP contribution is 2.16. The van der Waals surface area contributed by atoms with Gasteiger partial charge in [-0.25, -0.2) is 14.8 Å². The summed E-state index contributed by atoms with van der Waals surface area (Å²) < 4.78 is 11.0. The van der Waals surface area contributed by atoms with Crippen molar-refractivity contribution >= 4 is 27.8 Å². The maximum absolute atomic E-state index is 11.9. The Morgan fingerprint density at radius 2 is 2.20 bits per heavy atom. The lowest BCUT2D eigenvalue weighted by atomic mass is 10.3. The molecule has 1 saturated heterocycles. The molecule has 1 aliphatic heterocycles. The minimum Gasteiger partial charge on any atom is -0.461 e. The molecule has 1 fully saturated rings. The molecule has 1 aromatic heterocycles. The molecular formula is C13H18BrN3O3. The van der Waals surface area contributed by atoms with Crippen molar-refractivity contribution in [3.8, 4) is 0 Å². The summed E-state index contributed by atoms with van der Waals surface area (Å²) >= 11 is 3.31. The first-order valence-corrected chi connectivity index (χ1v) is 7.54. The molecule has 0 aromatic carbocycles. The van der Waals surface area contributed by atoms with Gasteiger partial charge in [0.05, 0.1) is 19.8 Å². The molecule has 0 spiro atoms. The second-order valence-electron chi connectivity index (χ2n) is 4.46. The Labute approximate surface area is 126 Å². The molecular weight excluding hydrogens is 326 g/mol. The normalized spacial score (nSPS) is 15.2. The summed E-state index contributed by atoms with van der Waals surface area (Å²) in [4.78, 5) is 22.5. The van der Waals surface area contributed by atoms with Crippen LogP contribution in [0.15, 0.2) is 10.7 Å². The topological polar surface area (TPSA) is 64.5 Å². The number of carbonyl (C=O) groups excluding carboxylic acids is 1. The molecule has 2 heterocycles. The standard InChI is InChI=1S/C13H18BrN3O3/c1-2-3-6-20-12(18)10-9-11(14)16-13(15-10)17-4-7-19-8-5-17/h9H,2-8H2,1H3. The number of unbranched alkanes of at least 4 members (excludes halogenated alkanes) is 1. The molecule has 0 amide bonds. The molecule has 0 radical (unpaired) electrons. The highest BCUT2D eigenvalue weighted by atomic mass is 79.9. The Balaban J connectivity index is 2.09. The first-order valence-electron chi connectivity index (χ1n) is 6.75. The van der Waals surface area contributed by atoms with Crippen LogP contribution in [0, 0.1) is 0 Å². The number of hydrogen-bond acceptors (Lipinski definition) is 6. The Morgan fingerprint density at radius 1 is 1.45 bits per heavy atom. The van der Waals surface area contributed by atoms with E-state index >= 15 is 0 Å². The molecule has 6 nitrogen and oxygen atoms in total. The number of hydrogen-bond donors (Lipinski definition) is 0. The Hall–Kier alpha value is -1.21. The van der Waals surface area contributed by atoms with E-state index in [0.29, 0.717) is 30.4 Å². The number of esters is 1. The first-order chi connectivity index (χ1) is 9.70. The third kappa shape index (κ3) is 4.14. The van der Waals surface area contributed by atoms with Gasteiger partial charge in [0.1, 0.15) is 4.60 Å². The predicted octanol–water partition coefficient (Wildman–Crippen LogP) is 2.03. The smallest absolute Gasteiger partial charge is 0.357 e. The number of carbonyl (C=O) groups is 1. The van der Waals surface area contributed by atoms with Gasteiger partial charge < -0.3 is 14.4 Å². The van der Waals surface area contributed by atoms with Crippen molar-refractivity contribution in [3.63, 3.8) is 0 Å². The van der Waals surface area contributed by atoms with Crippen LogP contribution < -0.4 is 4.90 Å². The Kier molecular flexibility index (Phi) is 5.72. The second-order valence-corrected chi connectivity index (χ2v) is 5.28. The van der Waals surface area contributed by atoms with Crippen LogP contribution in [0.4, 0.5) is 5.95 Å². The molecule has 20 heavy (non-hydrogen) atoms. The van der Waals surface area contributed by atoms with Crippen LogP contribution in [0.3, 0.4) is 0 Å². The third-order valence-corrected chi connectivity index (χ3v) is 3.32. The SMILES string of the molecule is CCCCOC(=O)c1cc(Br)nc(N2CCOCC2)n1. The van der Waals surface area contributed by atoms with E-state index in [1.165, 1.54) is 0 Å². The maximum atomic E-state index is 11.9. The van der Waals surface area contributed by atoms with Gasteiger partial charge in [0.25, 0.3) is 0 Å². The van der Waals surface area contributed by atoms with Crippen molar-refractivity contribution in [3.05, 3.63) is 16.4 Å². The van der Waals surface area contributed by atoms with E-state index in [0.717, 1.165) is 25.9 Å². The lowest BCUT2D eigenvalue weighted by molar-refractivity contribution is 0.0492. The van der Waals surface area contributed by atoms with E-state index < -0.39 is 5.97 Å². The molecule has 0 atom stereocenters. The number of ether oxygens (including phenoxy) is 2. The Bertz CT molecular complexity index is 464. The zero-order valence-electron chi connectivity index (χ0n) is 11.5. The first kappa shape index (κ1) is 15.2. The van der Waals surface area contributed by atoms with Crippen molar-refractivity contribution in [2.24, 2.45) is 0 Å². The van der Waals surface area contributed by atoms with E-state index in [2.05, 4.69) is 25.9 Å². The summed E-state index contributed by atoms with van der Waals surface area (Å²) in [6, 6.07) is 1.58. The van der Waals surface area contributed by atoms with Gasteiger partial charge in [0.2, 0.25) is 5.95 Å². The van der Waals surface area contributed by atoms with E-state index in [4.69, 9.17) is 9.47 Å². The largest absolute Gasteiger partial charge is 0.461 e. The van der Waals surface area contributed by atoms with Crippen molar-refractivity contribution in [2.75, 3.05) is 37.8 Å². The minimum atomic E-state index is -0.406. The van der Waals surface area contributed by atoms with Gasteiger partial charge in [0, 0.05) is 19.2 Å². The molecule has 0 saturated carbocycles. The summed E-state index contributed by atoms with van der Waals surface area (Å²) in [6.45, 7) is 5.20. The third-order valence-electron chi connectivity index (χ3n) is 2.92. The molecule has 0 N–H and O–H groups in total. The predicted molar refractivity (Wildman–Crippen MR) is 78.0 cm³/mol. The van der Waals surface area contributed by atoms with Crippen LogP contribution >= 0.6 is 15.9 Å². The molecule has 1 aliphatic rings. The molecule has 1 aromatic rings. The molecule has 110 valence electrons. The van der Waals surface area contributed by atoms with Gasteiger partial charge in [-0.05, 0) is 22.4 Å². The number of halogens is 1. The molecule has 7 heteroatoms. The Morgan fingerprint density at radius 3 is 2.90 bits per heavy atom. The quantitative estimate of drug-likeness (QED) is 0.463. The highest BCUT2D eigenvalue weighted by molar-refractivity contribution is 9.10. The van der Waals surface area contributed by atoms with Gasteiger partial charge in [-0.3, -0.25) is 0 Å². The molecule has 0 aliphatic carbocycles. The average Bonchev–Trinajstić information content (AvgIpc) is 2.47. The maximum Gasteiger partial charge on any atom is 0.357 e. The highest BCUT2D eigenvalue weighted by Gasteiger charge is 2.18. The van der Waals surface area contributed by atoms with Gasteiger partial charge in [-0.2, -0.15) is 0 Å². The van der Waals surface area contributed by atoms with Crippen molar-refractivity contribution in [1.82, 2.24) is 9.97 Å². The van der Waals surface area contributed by atoms with E-state index in [1.807, 2.05) is 11.8 Å². The monoisotopic (exact) mass is 343 g/mol. The van der Waals surface area contributed by atoms with E-state index in [9.17, 15) is 4.79 Å². The van der Waals surface area contributed by atoms with Crippen molar-refractivity contribution in [1.29, 1.82) is 0 Å². The summed E-state index contributed by atoms with van der Waals surface area (Å²) in [5, 5.41) is 0. The molecule has 2 rings (SSSR count). The number of aromatic nitrogens is 2. The fourth-order valence-corrected chi connectivity index (χ4v) is 2.17. The number of rotatable bonds is 5. The zero-order valence-corrected chi connectivity index (χ0v) is 13.1. The fraction of sp³-hybridized carbons (Fsp3) is 0.615. The summed E-state index contributed by atoms with van der Waals surface area (Å²) in [7, 11) is 0. The van der Waals surface area contributed by atoms with Gasteiger partial charge >= 0.3 is 5.97 Å². The van der Waals surface area contributed by atoms with E-state index in [-0.39, 0.29) is 5.69 Å². The van der Waals surface area contributed by atoms with Crippen LogP contribution in [-0.2, 0) is 9.47 Å². The lowest BCUT2D eigenvalue weighted by Gasteiger charge is -2.26. The van der Waals surface area contributed by atoms with Crippen LogP contribution in [0.2, 0.25) is 0 Å². The van der Waals surface area contributed by atoms with Crippen LogP contribution in [0.1, 0.15) is 30.3 Å². The van der Waals surface area contributed by atoms with Crippen LogP contribution in [-0.4, -0.2) is 48.8 Å². The number of morpholine rings is 1. The van der Waals surface area contributed by atoms with Crippen LogP contribution in [0.5, 0.6) is 0 Å². The minimum absolute atomic E-state index is 0.282. The fourth-order valence-electron chi connectivity index (χ4n) is 1.80. The van der Waals surface area contributed by atoms with Crippen LogP contribution in [0.25, 0.3) is 0 Å². The second kappa shape index (κ2) is 7.54. The van der Waals surface area contributed by atoms with Gasteiger partial charge in [-0.1, -0.05) is 13.3 Å². The van der Waals surface area contributed by atoms with Gasteiger partial charge in [0.15, 0.2) is 5.69 Å². The summed E-state index contributed by atoms with van der Waals surface area (Å²) in [6.07, 6.45) is 1.84. The van der Waals surface area contributed by atoms with Crippen molar-refractivity contribution < 1.29 is 14.3 Å².